The first-order valence-electron chi connectivity index (χ1n) is 5.14. The van der Waals surface area contributed by atoms with Gasteiger partial charge in [0.15, 0.2) is 0 Å². The lowest BCUT2D eigenvalue weighted by molar-refractivity contribution is 0.444. The second kappa shape index (κ2) is 4.28. The Hall–Kier alpha value is -0.600. The summed E-state index contributed by atoms with van der Waals surface area (Å²) in [7, 11) is 0. The zero-order valence-electron chi connectivity index (χ0n) is 8.12. The van der Waals surface area contributed by atoms with Crippen LogP contribution in [-0.4, -0.2) is 4.98 Å². The number of aromatic nitrogens is 1. The van der Waals surface area contributed by atoms with Crippen molar-refractivity contribution in [3.05, 3.63) is 29.0 Å². The maximum absolute atomic E-state index is 6.17. The summed E-state index contributed by atoms with van der Waals surface area (Å²) in [6, 6.07) is 3.94. The fourth-order valence-corrected chi connectivity index (χ4v) is 2.28. The number of hydrogen-bond donors (Lipinski definition) is 1. The lowest BCUT2D eigenvalue weighted by Gasteiger charge is -2.18. The van der Waals surface area contributed by atoms with Gasteiger partial charge in [-0.2, -0.15) is 0 Å². The molecular weight excluding hydrogens is 196 g/mol. The Morgan fingerprint density at radius 3 is 2.64 bits per heavy atom. The van der Waals surface area contributed by atoms with Crippen LogP contribution < -0.4 is 5.73 Å². The van der Waals surface area contributed by atoms with Gasteiger partial charge in [0.25, 0.3) is 0 Å². The van der Waals surface area contributed by atoms with E-state index in [-0.39, 0.29) is 6.04 Å². The molecule has 76 valence electrons. The van der Waals surface area contributed by atoms with E-state index in [0.29, 0.717) is 11.1 Å². The highest BCUT2D eigenvalue weighted by Crippen LogP contribution is 2.33. The van der Waals surface area contributed by atoms with Gasteiger partial charge in [0, 0.05) is 12.2 Å². The Labute approximate surface area is 89.5 Å². The zero-order chi connectivity index (χ0) is 9.97. The Morgan fingerprint density at radius 1 is 1.36 bits per heavy atom. The molecule has 1 heterocycles. The van der Waals surface area contributed by atoms with Crippen LogP contribution in [0.4, 0.5) is 0 Å². The first kappa shape index (κ1) is 9.94. The molecule has 1 saturated carbocycles. The molecule has 1 fully saturated rings. The molecule has 0 radical (unpaired) electrons. The van der Waals surface area contributed by atoms with Crippen molar-refractivity contribution in [2.45, 2.75) is 31.7 Å². The number of halogens is 1. The van der Waals surface area contributed by atoms with E-state index < -0.39 is 0 Å². The number of nitrogens with zero attached hydrogens (tertiary/aromatic N) is 1. The van der Waals surface area contributed by atoms with Crippen LogP contribution in [0.2, 0.25) is 5.15 Å². The average molecular weight is 211 g/mol. The third kappa shape index (κ3) is 2.07. The van der Waals surface area contributed by atoms with E-state index in [2.05, 4.69) is 4.98 Å². The highest BCUT2D eigenvalue weighted by Gasteiger charge is 2.23. The summed E-state index contributed by atoms with van der Waals surface area (Å²) >= 11 is 5.72. The van der Waals surface area contributed by atoms with Crippen molar-refractivity contribution in [1.82, 2.24) is 4.98 Å². The van der Waals surface area contributed by atoms with Crippen LogP contribution in [0.15, 0.2) is 18.3 Å². The van der Waals surface area contributed by atoms with Crippen LogP contribution in [0, 0.1) is 5.92 Å². The van der Waals surface area contributed by atoms with Gasteiger partial charge in [-0.1, -0.05) is 30.5 Å². The molecular formula is C11H15ClN2. The molecule has 14 heavy (non-hydrogen) atoms. The highest BCUT2D eigenvalue weighted by molar-refractivity contribution is 6.29. The van der Waals surface area contributed by atoms with E-state index in [1.165, 1.54) is 25.7 Å². The Morgan fingerprint density at radius 2 is 2.07 bits per heavy atom. The fraction of sp³-hybridized carbons (Fsp3) is 0.545. The van der Waals surface area contributed by atoms with Crippen molar-refractivity contribution in [2.24, 2.45) is 11.7 Å². The molecule has 1 atom stereocenters. The average Bonchev–Trinajstić information content (AvgIpc) is 2.71. The van der Waals surface area contributed by atoms with Crippen molar-refractivity contribution in [3.8, 4) is 0 Å². The lowest BCUT2D eigenvalue weighted by atomic mass is 9.94. The topological polar surface area (TPSA) is 38.9 Å². The van der Waals surface area contributed by atoms with Crippen molar-refractivity contribution in [1.29, 1.82) is 0 Å². The summed E-state index contributed by atoms with van der Waals surface area (Å²) in [4.78, 5) is 4.06. The monoisotopic (exact) mass is 210 g/mol. The zero-order valence-corrected chi connectivity index (χ0v) is 8.87. The van der Waals surface area contributed by atoms with E-state index >= 15 is 0 Å². The predicted octanol–water partition coefficient (Wildman–Crippen LogP) is 2.93. The Balaban J connectivity index is 2.09. The normalized spacial score (nSPS) is 19.9. The molecule has 0 aromatic carbocycles. The standard InChI is InChI=1S/C11H15ClN2/c12-10-6-5-9(7-14-10)11(13)8-3-1-2-4-8/h5-8,11H,1-4,13H2/t11-/m0/s1. The van der Waals surface area contributed by atoms with E-state index in [1.807, 2.05) is 12.1 Å². The maximum Gasteiger partial charge on any atom is 0.129 e. The first-order chi connectivity index (χ1) is 6.77. The number of pyridine rings is 1. The molecule has 0 amide bonds. The second-order valence-corrected chi connectivity index (χ2v) is 4.37. The van der Waals surface area contributed by atoms with Crippen LogP contribution >= 0.6 is 11.6 Å². The van der Waals surface area contributed by atoms with Crippen molar-refractivity contribution in [2.75, 3.05) is 0 Å². The second-order valence-electron chi connectivity index (χ2n) is 3.98. The van der Waals surface area contributed by atoms with Gasteiger partial charge in [0.1, 0.15) is 5.15 Å². The highest BCUT2D eigenvalue weighted by atomic mass is 35.5. The summed E-state index contributed by atoms with van der Waals surface area (Å²) in [6.45, 7) is 0. The predicted molar refractivity (Wildman–Crippen MR) is 58.1 cm³/mol. The maximum atomic E-state index is 6.17. The van der Waals surface area contributed by atoms with Gasteiger partial charge in [0.2, 0.25) is 0 Å². The molecule has 1 aromatic heterocycles. The SMILES string of the molecule is N[C@H](c1ccc(Cl)nc1)C1CCCC1. The summed E-state index contributed by atoms with van der Waals surface area (Å²) in [5, 5.41) is 0.535. The minimum absolute atomic E-state index is 0.141. The van der Waals surface area contributed by atoms with Gasteiger partial charge in [-0.3, -0.25) is 0 Å². The van der Waals surface area contributed by atoms with Crippen LogP contribution in [0.3, 0.4) is 0 Å². The van der Waals surface area contributed by atoms with E-state index in [9.17, 15) is 0 Å². The summed E-state index contributed by atoms with van der Waals surface area (Å²) in [6.07, 6.45) is 6.94. The van der Waals surface area contributed by atoms with Gasteiger partial charge in [-0.15, -0.1) is 0 Å². The van der Waals surface area contributed by atoms with E-state index in [1.54, 1.807) is 6.20 Å². The van der Waals surface area contributed by atoms with E-state index in [0.717, 1.165) is 5.56 Å². The molecule has 0 bridgehead atoms. The van der Waals surface area contributed by atoms with Gasteiger partial charge in [-0.25, -0.2) is 4.98 Å². The molecule has 1 aromatic rings. The molecule has 1 aliphatic carbocycles. The Bertz CT molecular complexity index is 291. The largest absolute Gasteiger partial charge is 0.324 e. The lowest BCUT2D eigenvalue weighted by Crippen LogP contribution is -2.19. The molecule has 2 nitrogen and oxygen atoms in total. The number of rotatable bonds is 2. The smallest absolute Gasteiger partial charge is 0.129 e. The van der Waals surface area contributed by atoms with Crippen molar-refractivity contribution < 1.29 is 0 Å². The third-order valence-electron chi connectivity index (χ3n) is 3.04. The molecule has 3 heteroatoms. The van der Waals surface area contributed by atoms with Crippen molar-refractivity contribution in [3.63, 3.8) is 0 Å². The van der Waals surface area contributed by atoms with Gasteiger partial charge < -0.3 is 5.73 Å². The summed E-state index contributed by atoms with van der Waals surface area (Å²) < 4.78 is 0. The quantitative estimate of drug-likeness (QED) is 0.763. The minimum atomic E-state index is 0.141. The Kier molecular flexibility index (Phi) is 3.04. The minimum Gasteiger partial charge on any atom is -0.324 e. The van der Waals surface area contributed by atoms with Gasteiger partial charge >= 0.3 is 0 Å². The first-order valence-corrected chi connectivity index (χ1v) is 5.52. The van der Waals surface area contributed by atoms with Crippen LogP contribution in [0.5, 0.6) is 0 Å². The van der Waals surface area contributed by atoms with Crippen LogP contribution in [0.25, 0.3) is 0 Å². The summed E-state index contributed by atoms with van der Waals surface area (Å²) in [5.41, 5.74) is 7.28. The molecule has 2 N–H and O–H groups in total. The molecule has 0 unspecified atom stereocenters. The molecule has 1 aliphatic rings. The van der Waals surface area contributed by atoms with Gasteiger partial charge in [-0.05, 0) is 30.4 Å². The van der Waals surface area contributed by atoms with E-state index in [4.69, 9.17) is 17.3 Å². The number of hydrogen-bond acceptors (Lipinski definition) is 2. The molecule has 0 saturated heterocycles. The molecule has 0 aliphatic heterocycles. The van der Waals surface area contributed by atoms with Crippen molar-refractivity contribution >= 4 is 11.6 Å². The third-order valence-corrected chi connectivity index (χ3v) is 3.27. The molecule has 0 spiro atoms. The van der Waals surface area contributed by atoms with Crippen LogP contribution in [-0.2, 0) is 0 Å². The molecule has 2 rings (SSSR count). The van der Waals surface area contributed by atoms with Crippen LogP contribution in [0.1, 0.15) is 37.3 Å². The van der Waals surface area contributed by atoms with Gasteiger partial charge in [0.05, 0.1) is 0 Å². The fourth-order valence-electron chi connectivity index (χ4n) is 2.17. The number of nitrogens with two attached hydrogens (primary N) is 1. The summed E-state index contributed by atoms with van der Waals surface area (Å²) in [5.74, 6) is 0.637.